The number of nitrogens with zero attached hydrogens (tertiary/aromatic N) is 2. The van der Waals surface area contributed by atoms with Crippen LogP contribution in [-0.2, 0) is 19.3 Å². The van der Waals surface area contributed by atoms with Crippen LogP contribution in [0.5, 0.6) is 0 Å². The highest BCUT2D eigenvalue weighted by Gasteiger charge is 2.55. The van der Waals surface area contributed by atoms with E-state index >= 15 is 0 Å². The summed E-state index contributed by atoms with van der Waals surface area (Å²) in [6.45, 7) is 1.94. The van der Waals surface area contributed by atoms with Crippen molar-refractivity contribution in [2.24, 2.45) is 0 Å². The van der Waals surface area contributed by atoms with E-state index in [2.05, 4.69) is 0 Å². The summed E-state index contributed by atoms with van der Waals surface area (Å²) >= 11 is 0. The molecule has 0 aromatic rings. The maximum absolute atomic E-state index is 11.9. The number of carbonyl (C=O) groups is 2. The third-order valence-electron chi connectivity index (χ3n) is 3.82. The molecule has 6 nitrogen and oxygen atoms in total. The van der Waals surface area contributed by atoms with Crippen LogP contribution in [0.3, 0.4) is 0 Å². The van der Waals surface area contributed by atoms with Crippen molar-refractivity contribution in [3.63, 3.8) is 0 Å². The van der Waals surface area contributed by atoms with Gasteiger partial charge in [-0.05, 0) is 19.8 Å². The molecule has 17 heavy (non-hydrogen) atoms. The predicted octanol–water partition coefficient (Wildman–Crippen LogP) is 0.481. The smallest absolute Gasteiger partial charge is 0.273 e. The van der Waals surface area contributed by atoms with Crippen LogP contribution >= 0.6 is 0 Å². The van der Waals surface area contributed by atoms with Crippen molar-refractivity contribution in [3.8, 4) is 0 Å². The molecular weight excluding hydrogens is 224 g/mol. The standard InChI is InChI=1S/C11H18N2O4/c1-11-7-5-4-6-8(11)12(16-2)9(14)10(15)13(11)17-3/h8H,4-7H2,1-3H3/t8-,11+/m0/s1. The summed E-state index contributed by atoms with van der Waals surface area (Å²) in [4.78, 5) is 34.0. The van der Waals surface area contributed by atoms with Crippen LogP contribution in [-0.4, -0.2) is 47.7 Å². The van der Waals surface area contributed by atoms with Crippen LogP contribution in [0.2, 0.25) is 0 Å². The van der Waals surface area contributed by atoms with E-state index in [0.29, 0.717) is 0 Å². The summed E-state index contributed by atoms with van der Waals surface area (Å²) in [5, 5.41) is 2.42. The predicted molar refractivity (Wildman–Crippen MR) is 58.4 cm³/mol. The van der Waals surface area contributed by atoms with Gasteiger partial charge in [0.25, 0.3) is 0 Å². The molecule has 0 aromatic heterocycles. The van der Waals surface area contributed by atoms with E-state index in [9.17, 15) is 9.59 Å². The van der Waals surface area contributed by atoms with E-state index in [1.807, 2.05) is 6.92 Å². The Morgan fingerprint density at radius 3 is 2.47 bits per heavy atom. The third-order valence-corrected chi connectivity index (χ3v) is 3.82. The Morgan fingerprint density at radius 1 is 1.18 bits per heavy atom. The number of rotatable bonds is 2. The summed E-state index contributed by atoms with van der Waals surface area (Å²) in [6.07, 6.45) is 3.68. The van der Waals surface area contributed by atoms with E-state index < -0.39 is 17.4 Å². The van der Waals surface area contributed by atoms with E-state index in [4.69, 9.17) is 9.68 Å². The quantitative estimate of drug-likeness (QED) is 0.661. The highest BCUT2D eigenvalue weighted by Crippen LogP contribution is 2.39. The molecule has 0 aromatic carbocycles. The molecule has 1 saturated heterocycles. The Balaban J connectivity index is 2.40. The van der Waals surface area contributed by atoms with E-state index in [-0.39, 0.29) is 6.04 Å². The van der Waals surface area contributed by atoms with Crippen molar-refractivity contribution in [1.82, 2.24) is 10.1 Å². The van der Waals surface area contributed by atoms with Crippen molar-refractivity contribution >= 4 is 11.8 Å². The number of hydrogen-bond acceptors (Lipinski definition) is 4. The van der Waals surface area contributed by atoms with Crippen LogP contribution in [0.4, 0.5) is 0 Å². The Labute approximate surface area is 100 Å². The summed E-state index contributed by atoms with van der Waals surface area (Å²) in [7, 11) is 2.84. The molecule has 2 amide bonds. The Kier molecular flexibility index (Phi) is 3.09. The monoisotopic (exact) mass is 242 g/mol. The fraction of sp³-hybridized carbons (Fsp3) is 0.818. The molecule has 1 heterocycles. The van der Waals surface area contributed by atoms with Gasteiger partial charge in [-0.1, -0.05) is 12.8 Å². The molecule has 1 aliphatic carbocycles. The van der Waals surface area contributed by atoms with Gasteiger partial charge in [0.15, 0.2) is 0 Å². The fourth-order valence-electron chi connectivity index (χ4n) is 2.96. The van der Waals surface area contributed by atoms with Gasteiger partial charge in [-0.25, -0.2) is 10.1 Å². The second-order valence-electron chi connectivity index (χ2n) is 4.71. The third kappa shape index (κ3) is 1.63. The molecule has 1 saturated carbocycles. The summed E-state index contributed by atoms with van der Waals surface area (Å²) in [5.41, 5.74) is -0.492. The van der Waals surface area contributed by atoms with Gasteiger partial charge in [0.2, 0.25) is 0 Å². The summed E-state index contributed by atoms with van der Waals surface area (Å²) < 4.78 is 0. The lowest BCUT2D eigenvalue weighted by Gasteiger charge is -2.53. The van der Waals surface area contributed by atoms with Gasteiger partial charge in [0.1, 0.15) is 0 Å². The SMILES string of the molecule is CON1C(=O)C(=O)N(OC)[C@]2(C)CCCC[C@H]12. The lowest BCUT2D eigenvalue weighted by atomic mass is 9.76. The molecule has 0 unspecified atom stereocenters. The van der Waals surface area contributed by atoms with Crippen LogP contribution in [0.1, 0.15) is 32.6 Å². The number of carbonyl (C=O) groups excluding carboxylic acids is 2. The van der Waals surface area contributed by atoms with Crippen molar-refractivity contribution < 1.29 is 19.3 Å². The van der Waals surface area contributed by atoms with Crippen LogP contribution in [0.15, 0.2) is 0 Å². The maximum Gasteiger partial charge on any atom is 0.338 e. The highest BCUT2D eigenvalue weighted by molar-refractivity contribution is 6.35. The molecule has 2 atom stereocenters. The molecule has 1 aliphatic heterocycles. The number of piperazine rings is 1. The van der Waals surface area contributed by atoms with Gasteiger partial charge in [-0.15, -0.1) is 0 Å². The average Bonchev–Trinajstić information content (AvgIpc) is 2.31. The molecule has 0 radical (unpaired) electrons. The first-order valence-electron chi connectivity index (χ1n) is 5.82. The van der Waals surface area contributed by atoms with Crippen molar-refractivity contribution in [2.75, 3.05) is 14.2 Å². The first kappa shape index (κ1) is 12.3. The molecule has 0 N–H and O–H groups in total. The topological polar surface area (TPSA) is 59.1 Å². The van der Waals surface area contributed by atoms with Crippen LogP contribution in [0, 0.1) is 0 Å². The van der Waals surface area contributed by atoms with E-state index in [1.54, 1.807) is 0 Å². The van der Waals surface area contributed by atoms with E-state index in [0.717, 1.165) is 25.7 Å². The minimum atomic E-state index is -0.657. The second kappa shape index (κ2) is 4.27. The normalized spacial score (nSPS) is 33.9. The summed E-state index contributed by atoms with van der Waals surface area (Å²) in [6, 6.07) is -0.133. The molecule has 0 bridgehead atoms. The van der Waals surface area contributed by atoms with Crippen molar-refractivity contribution in [2.45, 2.75) is 44.2 Å². The maximum atomic E-state index is 11.9. The molecular formula is C11H18N2O4. The molecule has 2 rings (SSSR count). The zero-order valence-corrected chi connectivity index (χ0v) is 10.4. The van der Waals surface area contributed by atoms with Gasteiger partial charge in [0.05, 0.1) is 25.8 Å². The largest absolute Gasteiger partial charge is 0.338 e. The number of hydroxylamine groups is 4. The van der Waals surface area contributed by atoms with Crippen LogP contribution in [0.25, 0.3) is 0 Å². The number of hydrogen-bond donors (Lipinski definition) is 0. The molecule has 2 fully saturated rings. The zero-order chi connectivity index (χ0) is 12.6. The van der Waals surface area contributed by atoms with Gasteiger partial charge in [-0.2, -0.15) is 0 Å². The molecule has 6 heteroatoms. The minimum Gasteiger partial charge on any atom is -0.273 e. The van der Waals surface area contributed by atoms with Gasteiger partial charge >= 0.3 is 11.8 Å². The van der Waals surface area contributed by atoms with Crippen molar-refractivity contribution in [3.05, 3.63) is 0 Å². The lowest BCUT2D eigenvalue weighted by molar-refractivity contribution is -0.274. The van der Waals surface area contributed by atoms with Gasteiger partial charge < -0.3 is 0 Å². The summed E-state index contributed by atoms with van der Waals surface area (Å²) in [5.74, 6) is -1.31. The Hall–Kier alpha value is -1.14. The highest BCUT2D eigenvalue weighted by atomic mass is 16.7. The van der Waals surface area contributed by atoms with Crippen molar-refractivity contribution in [1.29, 1.82) is 0 Å². The molecule has 0 spiro atoms. The number of amides is 2. The van der Waals surface area contributed by atoms with E-state index in [1.165, 1.54) is 24.3 Å². The molecule has 2 aliphatic rings. The fourth-order valence-corrected chi connectivity index (χ4v) is 2.96. The first-order chi connectivity index (χ1) is 8.06. The first-order valence-corrected chi connectivity index (χ1v) is 5.82. The second-order valence-corrected chi connectivity index (χ2v) is 4.71. The molecule has 96 valence electrons. The lowest BCUT2D eigenvalue weighted by Crippen LogP contribution is -2.71. The van der Waals surface area contributed by atoms with Gasteiger partial charge in [-0.3, -0.25) is 19.3 Å². The van der Waals surface area contributed by atoms with Crippen LogP contribution < -0.4 is 0 Å². The number of fused-ring (bicyclic) bond motifs is 1. The average molecular weight is 242 g/mol. The van der Waals surface area contributed by atoms with Gasteiger partial charge in [0, 0.05) is 0 Å². The minimum absolute atomic E-state index is 0.133. The zero-order valence-electron chi connectivity index (χ0n) is 10.4. The Morgan fingerprint density at radius 2 is 1.88 bits per heavy atom. The Bertz CT molecular complexity index is 346.